The Morgan fingerprint density at radius 1 is 0.750 bits per heavy atom. The molecule has 0 spiro atoms. The van der Waals surface area contributed by atoms with Gasteiger partial charge in [-0.3, -0.25) is 0 Å². The normalized spacial score (nSPS) is 11.4. The number of aryl methyl sites for hydroxylation is 3. The van der Waals surface area contributed by atoms with Gasteiger partial charge in [0, 0.05) is 21.8 Å². The predicted molar refractivity (Wildman–Crippen MR) is 70.0 cm³/mol. The molecule has 0 aliphatic heterocycles. The molecule has 0 radical (unpaired) electrons. The molecule has 1 aromatic heterocycles. The van der Waals surface area contributed by atoms with Crippen molar-refractivity contribution in [3.63, 3.8) is 0 Å². The number of benzene rings is 2. The maximum atomic E-state index is 3.56. The molecule has 3 aromatic rings. The zero-order valence-corrected chi connectivity index (χ0v) is 9.89. The van der Waals surface area contributed by atoms with Crippen LogP contribution in [0, 0.1) is 20.8 Å². The first kappa shape index (κ1) is 9.46. The summed E-state index contributed by atoms with van der Waals surface area (Å²) in [4.78, 5) is 3.56. The summed E-state index contributed by atoms with van der Waals surface area (Å²) >= 11 is 0. The molecular formula is C15H15N. The molecule has 2 aromatic carbocycles. The van der Waals surface area contributed by atoms with Crippen molar-refractivity contribution in [2.45, 2.75) is 20.8 Å². The van der Waals surface area contributed by atoms with E-state index in [9.17, 15) is 0 Å². The number of H-pyrrole nitrogens is 1. The lowest BCUT2D eigenvalue weighted by Gasteiger charge is -1.99. The van der Waals surface area contributed by atoms with Crippen molar-refractivity contribution in [2.24, 2.45) is 0 Å². The number of rotatable bonds is 0. The van der Waals surface area contributed by atoms with Gasteiger partial charge < -0.3 is 4.98 Å². The SMILES string of the molecule is Cc1cccc2c1[nH]c1c(C)ccc(C)c12. The third kappa shape index (κ3) is 1.12. The van der Waals surface area contributed by atoms with E-state index in [1.807, 2.05) is 0 Å². The van der Waals surface area contributed by atoms with Crippen LogP contribution in [0.3, 0.4) is 0 Å². The topological polar surface area (TPSA) is 15.8 Å². The van der Waals surface area contributed by atoms with E-state index in [2.05, 4.69) is 56.1 Å². The van der Waals surface area contributed by atoms with E-state index in [-0.39, 0.29) is 0 Å². The third-order valence-corrected chi connectivity index (χ3v) is 3.41. The molecule has 0 fully saturated rings. The van der Waals surface area contributed by atoms with Crippen LogP contribution >= 0.6 is 0 Å². The summed E-state index contributed by atoms with van der Waals surface area (Å²) in [5.41, 5.74) is 6.53. The van der Waals surface area contributed by atoms with Crippen molar-refractivity contribution in [1.82, 2.24) is 4.98 Å². The van der Waals surface area contributed by atoms with Crippen LogP contribution in [0.1, 0.15) is 16.7 Å². The van der Waals surface area contributed by atoms with Gasteiger partial charge in [-0.25, -0.2) is 0 Å². The van der Waals surface area contributed by atoms with Crippen LogP contribution in [0.5, 0.6) is 0 Å². The monoisotopic (exact) mass is 209 g/mol. The minimum absolute atomic E-state index is 1.27. The Balaban J connectivity index is 2.66. The number of para-hydroxylation sites is 1. The van der Waals surface area contributed by atoms with Crippen LogP contribution in [-0.2, 0) is 0 Å². The second kappa shape index (κ2) is 3.11. The lowest BCUT2D eigenvalue weighted by atomic mass is 10.0. The molecule has 1 heteroatoms. The summed E-state index contributed by atoms with van der Waals surface area (Å²) in [5, 5.41) is 2.72. The zero-order valence-electron chi connectivity index (χ0n) is 9.89. The molecule has 0 saturated carbocycles. The van der Waals surface area contributed by atoms with Gasteiger partial charge in [0.05, 0.1) is 0 Å². The van der Waals surface area contributed by atoms with Crippen molar-refractivity contribution in [3.05, 3.63) is 47.0 Å². The molecular weight excluding hydrogens is 194 g/mol. The summed E-state index contributed by atoms with van der Waals surface area (Å²) in [6.07, 6.45) is 0. The van der Waals surface area contributed by atoms with E-state index in [4.69, 9.17) is 0 Å². The Bertz CT molecular complexity index is 689. The molecule has 0 saturated heterocycles. The average molecular weight is 209 g/mol. The molecule has 3 rings (SSSR count). The quantitative estimate of drug-likeness (QED) is 0.569. The Morgan fingerprint density at radius 3 is 2.25 bits per heavy atom. The first-order chi connectivity index (χ1) is 7.68. The molecule has 1 N–H and O–H groups in total. The van der Waals surface area contributed by atoms with Crippen molar-refractivity contribution >= 4 is 21.8 Å². The number of hydrogen-bond acceptors (Lipinski definition) is 0. The molecule has 0 aliphatic carbocycles. The average Bonchev–Trinajstić information content (AvgIpc) is 2.66. The molecule has 0 bridgehead atoms. The Kier molecular flexibility index (Phi) is 1.84. The van der Waals surface area contributed by atoms with Gasteiger partial charge >= 0.3 is 0 Å². The summed E-state index contributed by atoms with van der Waals surface area (Å²) in [6, 6.07) is 10.9. The molecule has 0 amide bonds. The lowest BCUT2D eigenvalue weighted by Crippen LogP contribution is -1.79. The van der Waals surface area contributed by atoms with Gasteiger partial charge in [0.1, 0.15) is 0 Å². The van der Waals surface area contributed by atoms with E-state index in [1.165, 1.54) is 38.5 Å². The zero-order chi connectivity index (χ0) is 11.3. The fourth-order valence-corrected chi connectivity index (χ4v) is 2.49. The highest BCUT2D eigenvalue weighted by Crippen LogP contribution is 2.31. The molecule has 80 valence electrons. The Labute approximate surface area is 95.1 Å². The van der Waals surface area contributed by atoms with Gasteiger partial charge in [-0.05, 0) is 37.5 Å². The fourth-order valence-electron chi connectivity index (χ4n) is 2.49. The molecule has 0 unspecified atom stereocenters. The second-order valence-electron chi connectivity index (χ2n) is 4.57. The van der Waals surface area contributed by atoms with Gasteiger partial charge in [0.15, 0.2) is 0 Å². The van der Waals surface area contributed by atoms with Crippen LogP contribution in [0.2, 0.25) is 0 Å². The van der Waals surface area contributed by atoms with Gasteiger partial charge in [0.25, 0.3) is 0 Å². The van der Waals surface area contributed by atoms with Crippen LogP contribution in [-0.4, -0.2) is 4.98 Å². The third-order valence-electron chi connectivity index (χ3n) is 3.41. The molecule has 0 atom stereocenters. The number of hydrogen-bond donors (Lipinski definition) is 1. The smallest absolute Gasteiger partial charge is 0.0497 e. The van der Waals surface area contributed by atoms with Crippen LogP contribution in [0.25, 0.3) is 21.8 Å². The lowest BCUT2D eigenvalue weighted by molar-refractivity contribution is 1.40. The largest absolute Gasteiger partial charge is 0.354 e. The van der Waals surface area contributed by atoms with Crippen LogP contribution in [0.4, 0.5) is 0 Å². The van der Waals surface area contributed by atoms with E-state index in [1.54, 1.807) is 0 Å². The molecule has 0 aliphatic rings. The van der Waals surface area contributed by atoms with Gasteiger partial charge in [-0.2, -0.15) is 0 Å². The summed E-state index contributed by atoms with van der Waals surface area (Å²) < 4.78 is 0. The Hall–Kier alpha value is -1.76. The first-order valence-corrected chi connectivity index (χ1v) is 5.65. The number of aromatic amines is 1. The minimum atomic E-state index is 1.27. The predicted octanol–water partition coefficient (Wildman–Crippen LogP) is 4.25. The second-order valence-corrected chi connectivity index (χ2v) is 4.57. The van der Waals surface area contributed by atoms with Crippen molar-refractivity contribution in [2.75, 3.05) is 0 Å². The van der Waals surface area contributed by atoms with E-state index in [0.29, 0.717) is 0 Å². The summed E-state index contributed by atoms with van der Waals surface area (Å²) in [7, 11) is 0. The van der Waals surface area contributed by atoms with Gasteiger partial charge in [-0.1, -0.05) is 30.3 Å². The summed E-state index contributed by atoms with van der Waals surface area (Å²) in [6.45, 7) is 6.49. The molecule has 1 heterocycles. The highest BCUT2D eigenvalue weighted by molar-refractivity contribution is 6.10. The highest BCUT2D eigenvalue weighted by Gasteiger charge is 2.09. The van der Waals surface area contributed by atoms with Crippen molar-refractivity contribution < 1.29 is 0 Å². The van der Waals surface area contributed by atoms with E-state index >= 15 is 0 Å². The number of fused-ring (bicyclic) bond motifs is 3. The first-order valence-electron chi connectivity index (χ1n) is 5.65. The number of nitrogens with one attached hydrogen (secondary N) is 1. The summed E-state index contributed by atoms with van der Waals surface area (Å²) in [5.74, 6) is 0. The maximum Gasteiger partial charge on any atom is 0.0497 e. The van der Waals surface area contributed by atoms with Gasteiger partial charge in [-0.15, -0.1) is 0 Å². The van der Waals surface area contributed by atoms with Crippen molar-refractivity contribution in [1.29, 1.82) is 0 Å². The molecule has 16 heavy (non-hydrogen) atoms. The van der Waals surface area contributed by atoms with Crippen LogP contribution < -0.4 is 0 Å². The fraction of sp³-hybridized carbons (Fsp3) is 0.200. The van der Waals surface area contributed by atoms with Crippen molar-refractivity contribution in [3.8, 4) is 0 Å². The standard InChI is InChI=1S/C15H15N/c1-9-7-8-11(3)15-13(9)12-6-4-5-10(2)14(12)16-15/h4-8,16H,1-3H3. The Morgan fingerprint density at radius 2 is 1.44 bits per heavy atom. The minimum Gasteiger partial charge on any atom is -0.354 e. The van der Waals surface area contributed by atoms with Crippen LogP contribution in [0.15, 0.2) is 30.3 Å². The van der Waals surface area contributed by atoms with E-state index < -0.39 is 0 Å². The molecule has 1 nitrogen and oxygen atoms in total. The van der Waals surface area contributed by atoms with Gasteiger partial charge in [0.2, 0.25) is 0 Å². The highest BCUT2D eigenvalue weighted by atomic mass is 14.7. The number of aromatic nitrogens is 1. The maximum absolute atomic E-state index is 3.56. The van der Waals surface area contributed by atoms with E-state index in [0.717, 1.165) is 0 Å².